The van der Waals surface area contributed by atoms with Crippen LogP contribution in [0.25, 0.3) is 33.2 Å². The minimum absolute atomic E-state index is 0.120. The number of pyridine rings is 2. The third-order valence-electron chi connectivity index (χ3n) is 4.66. The number of anilines is 1. The van der Waals surface area contributed by atoms with Gasteiger partial charge in [0.1, 0.15) is 16.9 Å². The minimum Gasteiger partial charge on any atom is -0.494 e. The summed E-state index contributed by atoms with van der Waals surface area (Å²) >= 11 is 0. The number of aryl methyl sites for hydroxylation is 2. The molecule has 0 atom stereocenters. The summed E-state index contributed by atoms with van der Waals surface area (Å²) in [6.07, 6.45) is 3.82. The lowest BCUT2D eigenvalue weighted by atomic mass is 10.0. The zero-order valence-corrected chi connectivity index (χ0v) is 17.1. The number of benzene rings is 1. The van der Waals surface area contributed by atoms with Crippen LogP contribution in [0.15, 0.2) is 42.7 Å². The average molecular weight is 406 g/mol. The Labute approximate surface area is 173 Å². The number of nitrogens with one attached hydrogen (secondary N) is 1. The van der Waals surface area contributed by atoms with Gasteiger partial charge in [-0.1, -0.05) is 0 Å². The molecule has 0 aliphatic heterocycles. The maximum Gasteiger partial charge on any atom is 0.290 e. The second-order valence-corrected chi connectivity index (χ2v) is 6.68. The molecule has 3 aromatic heterocycles. The third-order valence-corrected chi connectivity index (χ3v) is 4.66. The van der Waals surface area contributed by atoms with Crippen molar-refractivity contribution in [2.24, 2.45) is 7.05 Å². The Bertz CT molecular complexity index is 1250. The first-order valence-corrected chi connectivity index (χ1v) is 9.15. The van der Waals surface area contributed by atoms with Gasteiger partial charge in [0.2, 0.25) is 5.91 Å². The fourth-order valence-corrected chi connectivity index (χ4v) is 3.53. The van der Waals surface area contributed by atoms with E-state index in [1.165, 1.54) is 6.92 Å². The molecule has 2 N–H and O–H groups in total. The lowest BCUT2D eigenvalue weighted by molar-refractivity contribution is -0.123. The molecule has 8 heteroatoms. The maximum atomic E-state index is 11.6. The predicted molar refractivity (Wildman–Crippen MR) is 116 cm³/mol. The van der Waals surface area contributed by atoms with E-state index in [9.17, 15) is 4.79 Å². The van der Waals surface area contributed by atoms with Crippen LogP contribution in [0.2, 0.25) is 0 Å². The smallest absolute Gasteiger partial charge is 0.290 e. The lowest BCUT2D eigenvalue weighted by Crippen LogP contribution is -2.07. The van der Waals surface area contributed by atoms with Gasteiger partial charge in [0, 0.05) is 42.7 Å². The zero-order chi connectivity index (χ0) is 21.8. The Morgan fingerprint density at radius 3 is 2.70 bits per heavy atom. The molecule has 0 spiro atoms. The number of hydrogen-bond acceptors (Lipinski definition) is 5. The van der Waals surface area contributed by atoms with E-state index in [0.29, 0.717) is 5.75 Å². The number of ether oxygens (including phenoxy) is 1. The maximum absolute atomic E-state index is 11.6. The first-order chi connectivity index (χ1) is 14.4. The average Bonchev–Trinajstić information content (AvgIpc) is 3.05. The number of nitrogens with zero attached hydrogens (tertiary/aromatic N) is 3. The lowest BCUT2D eigenvalue weighted by Gasteiger charge is -2.14. The summed E-state index contributed by atoms with van der Waals surface area (Å²) < 4.78 is 7.53. The van der Waals surface area contributed by atoms with Crippen molar-refractivity contribution in [2.45, 2.75) is 13.8 Å². The van der Waals surface area contributed by atoms with Crippen LogP contribution >= 0.6 is 0 Å². The van der Waals surface area contributed by atoms with Crippen molar-refractivity contribution >= 4 is 40.0 Å². The van der Waals surface area contributed by atoms with Gasteiger partial charge in [-0.15, -0.1) is 0 Å². The summed E-state index contributed by atoms with van der Waals surface area (Å²) in [7, 11) is 3.60. The van der Waals surface area contributed by atoms with E-state index in [1.807, 2.05) is 55.1 Å². The molecule has 0 radical (unpaired) electrons. The normalized spacial score (nSPS) is 10.4. The predicted octanol–water partition coefficient (Wildman–Crippen LogP) is 3.76. The fraction of sp³-hybridized carbons (Fsp3) is 0.182. The highest BCUT2D eigenvalue weighted by molar-refractivity contribution is 6.05. The van der Waals surface area contributed by atoms with Crippen molar-refractivity contribution in [3.63, 3.8) is 0 Å². The molecule has 154 valence electrons. The van der Waals surface area contributed by atoms with Gasteiger partial charge in [-0.3, -0.25) is 9.59 Å². The Kier molecular flexibility index (Phi) is 5.96. The molecule has 0 aliphatic rings. The summed E-state index contributed by atoms with van der Waals surface area (Å²) in [5, 5.41) is 11.7. The van der Waals surface area contributed by atoms with E-state index >= 15 is 0 Å². The van der Waals surface area contributed by atoms with Gasteiger partial charge in [0.25, 0.3) is 6.47 Å². The molecular formula is C22H22N4O4. The first-order valence-electron chi connectivity index (χ1n) is 9.15. The van der Waals surface area contributed by atoms with Gasteiger partial charge in [0.05, 0.1) is 18.5 Å². The highest BCUT2D eigenvalue weighted by atomic mass is 16.5. The number of aromatic nitrogens is 3. The number of rotatable bonds is 3. The molecule has 3 heterocycles. The van der Waals surface area contributed by atoms with Crippen LogP contribution in [0.3, 0.4) is 0 Å². The highest BCUT2D eigenvalue weighted by Crippen LogP contribution is 2.36. The van der Waals surface area contributed by atoms with E-state index in [0.717, 1.165) is 44.4 Å². The Morgan fingerprint density at radius 2 is 2.03 bits per heavy atom. The zero-order valence-electron chi connectivity index (χ0n) is 17.1. The number of hydrogen-bond donors (Lipinski definition) is 2. The number of carboxylic acid groups (broad SMARTS) is 1. The van der Waals surface area contributed by atoms with Crippen LogP contribution in [-0.2, 0) is 16.6 Å². The van der Waals surface area contributed by atoms with Crippen molar-refractivity contribution in [2.75, 3.05) is 12.4 Å². The van der Waals surface area contributed by atoms with Crippen molar-refractivity contribution < 1.29 is 19.4 Å². The van der Waals surface area contributed by atoms with Crippen molar-refractivity contribution in [1.82, 2.24) is 14.5 Å². The Hall–Kier alpha value is -3.94. The number of carbonyl (C=O) groups excluding carboxylic acids is 1. The van der Waals surface area contributed by atoms with Gasteiger partial charge < -0.3 is 19.7 Å². The second kappa shape index (κ2) is 8.60. The molecule has 1 aromatic carbocycles. The number of amides is 1. The van der Waals surface area contributed by atoms with E-state index in [1.54, 1.807) is 13.3 Å². The molecule has 1 amide bonds. The van der Waals surface area contributed by atoms with Crippen LogP contribution in [0.5, 0.6) is 5.75 Å². The van der Waals surface area contributed by atoms with Gasteiger partial charge in [0.15, 0.2) is 0 Å². The first kappa shape index (κ1) is 20.8. The van der Waals surface area contributed by atoms with E-state index in [4.69, 9.17) is 19.6 Å². The van der Waals surface area contributed by atoms with Crippen molar-refractivity contribution in [1.29, 1.82) is 0 Å². The second-order valence-electron chi connectivity index (χ2n) is 6.68. The molecule has 0 aliphatic carbocycles. The quantitative estimate of drug-likeness (QED) is 0.502. The molecule has 0 saturated heterocycles. The number of fused-ring (bicyclic) bond motifs is 2. The molecule has 30 heavy (non-hydrogen) atoms. The summed E-state index contributed by atoms with van der Waals surface area (Å²) in [5.41, 5.74) is 5.23. The highest BCUT2D eigenvalue weighted by Gasteiger charge is 2.16. The van der Waals surface area contributed by atoms with Crippen LogP contribution in [0.1, 0.15) is 12.5 Å². The Balaban J connectivity index is 0.000000806. The fourth-order valence-electron chi connectivity index (χ4n) is 3.53. The summed E-state index contributed by atoms with van der Waals surface area (Å²) in [6.45, 7) is 3.26. The monoisotopic (exact) mass is 406 g/mol. The molecular weight excluding hydrogens is 384 g/mol. The molecule has 0 unspecified atom stereocenters. The molecule has 4 rings (SSSR count). The van der Waals surface area contributed by atoms with Crippen LogP contribution in [0, 0.1) is 6.92 Å². The topological polar surface area (TPSA) is 106 Å². The van der Waals surface area contributed by atoms with Gasteiger partial charge in [-0.05, 0) is 42.8 Å². The third kappa shape index (κ3) is 3.80. The molecule has 8 nitrogen and oxygen atoms in total. The summed E-state index contributed by atoms with van der Waals surface area (Å²) in [6, 6.07) is 9.68. The van der Waals surface area contributed by atoms with Crippen LogP contribution in [0.4, 0.5) is 5.69 Å². The van der Waals surface area contributed by atoms with Crippen LogP contribution in [-0.4, -0.2) is 39.1 Å². The van der Waals surface area contributed by atoms with E-state index in [-0.39, 0.29) is 12.4 Å². The molecule has 4 aromatic rings. The molecule has 0 bridgehead atoms. The van der Waals surface area contributed by atoms with Gasteiger partial charge in [-0.25, -0.2) is 9.97 Å². The van der Waals surface area contributed by atoms with Crippen molar-refractivity contribution in [3.05, 3.63) is 48.3 Å². The SMILES string of the molecule is COc1ccc(NC(C)=O)c2c(C)cc(-c3cn(C)c4ncccc34)nc12.O=CO. The standard InChI is InChI=1S/C21H20N4O2.CH2O2/c1-12-10-17(15-11-25(3)21-14(15)6-5-9-22-21)24-20-18(27-4)8-7-16(19(12)20)23-13(2)26;2-1-3/h5-11H,1-4H3,(H,23,26);1H,(H,2,3). The van der Waals surface area contributed by atoms with E-state index < -0.39 is 0 Å². The molecule has 0 saturated carbocycles. The number of methoxy groups -OCH3 is 1. The Morgan fingerprint density at radius 1 is 1.30 bits per heavy atom. The van der Waals surface area contributed by atoms with Crippen molar-refractivity contribution in [3.8, 4) is 17.0 Å². The van der Waals surface area contributed by atoms with Crippen LogP contribution < -0.4 is 10.1 Å². The van der Waals surface area contributed by atoms with Gasteiger partial charge in [-0.2, -0.15) is 0 Å². The number of carbonyl (C=O) groups is 2. The van der Waals surface area contributed by atoms with Gasteiger partial charge >= 0.3 is 0 Å². The molecule has 0 fully saturated rings. The summed E-state index contributed by atoms with van der Waals surface area (Å²) in [5.74, 6) is 0.549. The minimum atomic E-state index is -0.250. The summed E-state index contributed by atoms with van der Waals surface area (Å²) in [4.78, 5) is 29.3. The van der Waals surface area contributed by atoms with E-state index in [2.05, 4.69) is 10.3 Å². The largest absolute Gasteiger partial charge is 0.494 e.